The van der Waals surface area contributed by atoms with Gasteiger partial charge in [0.15, 0.2) is 0 Å². The first-order valence-electron chi connectivity index (χ1n) is 5.71. The summed E-state index contributed by atoms with van der Waals surface area (Å²) >= 11 is 0. The fraction of sp³-hybridized carbons (Fsp3) is 0.429. The van der Waals surface area contributed by atoms with Crippen molar-refractivity contribution in [1.29, 1.82) is 0 Å². The number of nitrogens with one attached hydrogen (secondary N) is 1. The number of hydrogen-bond acceptors (Lipinski definition) is 2. The van der Waals surface area contributed by atoms with Crippen LogP contribution in [0.4, 0.5) is 0 Å². The van der Waals surface area contributed by atoms with Crippen molar-refractivity contribution < 1.29 is 5.11 Å². The molecule has 1 aromatic rings. The largest absolute Gasteiger partial charge is 0.389 e. The average molecular weight is 219 g/mol. The molecule has 0 aliphatic rings. The van der Waals surface area contributed by atoms with Gasteiger partial charge in [0.25, 0.3) is 0 Å². The zero-order valence-corrected chi connectivity index (χ0v) is 10.2. The minimum Gasteiger partial charge on any atom is -0.389 e. The van der Waals surface area contributed by atoms with Gasteiger partial charge in [-0.3, -0.25) is 0 Å². The lowest BCUT2D eigenvalue weighted by Crippen LogP contribution is -2.37. The Labute approximate surface area is 98.0 Å². The maximum absolute atomic E-state index is 9.81. The van der Waals surface area contributed by atoms with E-state index in [2.05, 4.69) is 11.9 Å². The van der Waals surface area contributed by atoms with Crippen LogP contribution in [0.5, 0.6) is 0 Å². The highest BCUT2D eigenvalue weighted by Crippen LogP contribution is 2.11. The van der Waals surface area contributed by atoms with Gasteiger partial charge in [-0.15, -0.1) is 0 Å². The second kappa shape index (κ2) is 5.83. The summed E-state index contributed by atoms with van der Waals surface area (Å²) in [4.78, 5) is 0. The lowest BCUT2D eigenvalue weighted by molar-refractivity contribution is 0.0571. The lowest BCUT2D eigenvalue weighted by atomic mass is 10.0. The van der Waals surface area contributed by atoms with Crippen molar-refractivity contribution in [2.24, 2.45) is 0 Å². The molecule has 0 radical (unpaired) electrons. The van der Waals surface area contributed by atoms with E-state index in [-0.39, 0.29) is 0 Å². The highest BCUT2D eigenvalue weighted by Gasteiger charge is 2.16. The molecule has 16 heavy (non-hydrogen) atoms. The van der Waals surface area contributed by atoms with E-state index in [4.69, 9.17) is 0 Å². The van der Waals surface area contributed by atoms with Crippen molar-refractivity contribution in [2.75, 3.05) is 13.1 Å². The van der Waals surface area contributed by atoms with Crippen LogP contribution in [-0.2, 0) is 0 Å². The first kappa shape index (κ1) is 12.9. The van der Waals surface area contributed by atoms with E-state index in [1.807, 2.05) is 44.2 Å². The van der Waals surface area contributed by atoms with Gasteiger partial charge in [0, 0.05) is 13.1 Å². The molecule has 1 aromatic carbocycles. The molecule has 2 heteroatoms. The summed E-state index contributed by atoms with van der Waals surface area (Å²) in [5.41, 5.74) is 1.57. The Kier molecular flexibility index (Phi) is 4.71. The van der Waals surface area contributed by atoms with Crippen molar-refractivity contribution in [1.82, 2.24) is 5.32 Å². The third-order valence-electron chi connectivity index (χ3n) is 2.79. The summed E-state index contributed by atoms with van der Waals surface area (Å²) in [6, 6.07) is 10.1. The fourth-order valence-corrected chi connectivity index (χ4v) is 1.38. The van der Waals surface area contributed by atoms with Crippen LogP contribution < -0.4 is 5.32 Å². The minimum absolute atomic E-state index is 0.593. The van der Waals surface area contributed by atoms with Crippen LogP contribution in [0.3, 0.4) is 0 Å². The summed E-state index contributed by atoms with van der Waals surface area (Å²) in [7, 11) is 0. The predicted octanol–water partition coefficient (Wildman–Crippen LogP) is 2.45. The first-order chi connectivity index (χ1) is 7.55. The van der Waals surface area contributed by atoms with Gasteiger partial charge in [-0.1, -0.05) is 43.8 Å². The molecule has 88 valence electrons. The maximum Gasteiger partial charge on any atom is 0.0741 e. The van der Waals surface area contributed by atoms with E-state index in [0.717, 1.165) is 17.6 Å². The molecule has 0 heterocycles. The molecule has 0 aliphatic heterocycles. The van der Waals surface area contributed by atoms with Gasteiger partial charge < -0.3 is 10.4 Å². The fourth-order valence-electron chi connectivity index (χ4n) is 1.38. The number of benzene rings is 1. The molecule has 0 spiro atoms. The Balaban J connectivity index is 2.37. The van der Waals surface area contributed by atoms with Gasteiger partial charge in [0.05, 0.1) is 5.60 Å². The summed E-state index contributed by atoms with van der Waals surface area (Å²) in [5.74, 6) is 0. The topological polar surface area (TPSA) is 32.3 Å². The van der Waals surface area contributed by atoms with E-state index in [1.165, 1.54) is 0 Å². The smallest absolute Gasteiger partial charge is 0.0741 e. The Morgan fingerprint density at radius 2 is 2.00 bits per heavy atom. The highest BCUT2D eigenvalue weighted by atomic mass is 16.3. The normalized spacial score (nSPS) is 14.4. The molecule has 0 fully saturated rings. The van der Waals surface area contributed by atoms with Crippen molar-refractivity contribution in [3.8, 4) is 0 Å². The van der Waals surface area contributed by atoms with E-state index in [1.54, 1.807) is 0 Å². The van der Waals surface area contributed by atoms with E-state index >= 15 is 0 Å². The van der Waals surface area contributed by atoms with Crippen LogP contribution >= 0.6 is 0 Å². The molecular formula is C14H21NO. The zero-order valence-electron chi connectivity index (χ0n) is 10.2. The standard InChI is InChI=1S/C14H21NO/c1-4-14(3,16)11-15-10-12(2)13-8-6-5-7-9-13/h5-9,15-16H,2,4,10-11H2,1,3H3. The number of aliphatic hydroxyl groups is 1. The van der Waals surface area contributed by atoms with Gasteiger partial charge in [0.1, 0.15) is 0 Å². The Morgan fingerprint density at radius 1 is 1.38 bits per heavy atom. The highest BCUT2D eigenvalue weighted by molar-refractivity contribution is 5.64. The van der Waals surface area contributed by atoms with Crippen LogP contribution in [0.25, 0.3) is 5.57 Å². The third kappa shape index (κ3) is 4.17. The predicted molar refractivity (Wildman–Crippen MR) is 69.3 cm³/mol. The summed E-state index contributed by atoms with van der Waals surface area (Å²) < 4.78 is 0. The summed E-state index contributed by atoms with van der Waals surface area (Å²) in [6.45, 7) is 9.15. The van der Waals surface area contributed by atoms with Crippen LogP contribution in [0.1, 0.15) is 25.8 Å². The quantitative estimate of drug-likeness (QED) is 0.770. The average Bonchev–Trinajstić information content (AvgIpc) is 2.30. The minimum atomic E-state index is -0.628. The number of rotatable bonds is 6. The molecule has 2 nitrogen and oxygen atoms in total. The van der Waals surface area contributed by atoms with Crippen molar-refractivity contribution in [3.63, 3.8) is 0 Å². The van der Waals surface area contributed by atoms with Gasteiger partial charge >= 0.3 is 0 Å². The SMILES string of the molecule is C=C(CNCC(C)(O)CC)c1ccccc1. The number of hydrogen-bond donors (Lipinski definition) is 2. The van der Waals surface area contributed by atoms with Gasteiger partial charge in [-0.25, -0.2) is 0 Å². The van der Waals surface area contributed by atoms with Crippen molar-refractivity contribution >= 4 is 5.57 Å². The molecule has 0 bridgehead atoms. The zero-order chi connectivity index (χ0) is 12.0. The van der Waals surface area contributed by atoms with Crippen LogP contribution in [0.15, 0.2) is 36.9 Å². The lowest BCUT2D eigenvalue weighted by Gasteiger charge is -2.22. The van der Waals surface area contributed by atoms with Crippen molar-refractivity contribution in [2.45, 2.75) is 25.9 Å². The first-order valence-corrected chi connectivity index (χ1v) is 5.71. The maximum atomic E-state index is 9.81. The van der Waals surface area contributed by atoms with Crippen LogP contribution in [0, 0.1) is 0 Å². The second-order valence-electron chi connectivity index (χ2n) is 4.42. The van der Waals surface area contributed by atoms with Gasteiger partial charge in [-0.05, 0) is 24.5 Å². The van der Waals surface area contributed by atoms with Crippen molar-refractivity contribution in [3.05, 3.63) is 42.5 Å². The van der Waals surface area contributed by atoms with Gasteiger partial charge in [-0.2, -0.15) is 0 Å². The Bertz CT molecular complexity index is 330. The Hall–Kier alpha value is -1.12. The summed E-state index contributed by atoms with van der Waals surface area (Å²) in [5, 5.41) is 13.0. The summed E-state index contributed by atoms with van der Waals surface area (Å²) in [6.07, 6.45) is 0.748. The van der Waals surface area contributed by atoms with Crippen LogP contribution in [-0.4, -0.2) is 23.8 Å². The molecular weight excluding hydrogens is 198 g/mol. The monoisotopic (exact) mass is 219 g/mol. The Morgan fingerprint density at radius 3 is 2.56 bits per heavy atom. The molecule has 0 amide bonds. The molecule has 1 rings (SSSR count). The van der Waals surface area contributed by atoms with E-state index < -0.39 is 5.60 Å². The van der Waals surface area contributed by atoms with E-state index in [0.29, 0.717) is 13.1 Å². The van der Waals surface area contributed by atoms with E-state index in [9.17, 15) is 5.11 Å². The molecule has 0 saturated carbocycles. The molecule has 1 unspecified atom stereocenters. The molecule has 0 saturated heterocycles. The molecule has 0 aromatic heterocycles. The van der Waals surface area contributed by atoms with Crippen LogP contribution in [0.2, 0.25) is 0 Å². The molecule has 1 atom stereocenters. The van der Waals surface area contributed by atoms with Gasteiger partial charge in [0.2, 0.25) is 0 Å². The second-order valence-corrected chi connectivity index (χ2v) is 4.42. The third-order valence-corrected chi connectivity index (χ3v) is 2.79. The molecule has 2 N–H and O–H groups in total. The molecule has 0 aliphatic carbocycles.